The molecule has 0 aliphatic heterocycles. The molecule has 0 N–H and O–H groups in total. The standard InChI is InChI=1S/C7H13N3O2S/c1-4-7-8-5-6-10(7)13(11,12)9(2)3/h5-6H,4H2,1-3H3. The lowest BCUT2D eigenvalue weighted by atomic mass is 10.5. The first-order chi connectivity index (χ1) is 6.00. The van der Waals surface area contributed by atoms with Gasteiger partial charge in [0, 0.05) is 32.9 Å². The summed E-state index contributed by atoms with van der Waals surface area (Å²) in [5, 5.41) is 0. The molecular formula is C7H13N3O2S. The van der Waals surface area contributed by atoms with E-state index >= 15 is 0 Å². The molecule has 0 aliphatic rings. The van der Waals surface area contributed by atoms with Crippen LogP contribution in [0.3, 0.4) is 0 Å². The van der Waals surface area contributed by atoms with Gasteiger partial charge in [-0.25, -0.2) is 8.96 Å². The van der Waals surface area contributed by atoms with Crippen molar-refractivity contribution in [3.63, 3.8) is 0 Å². The molecule has 1 heterocycles. The molecular weight excluding hydrogens is 190 g/mol. The van der Waals surface area contributed by atoms with Gasteiger partial charge in [0.1, 0.15) is 5.82 Å². The van der Waals surface area contributed by atoms with Gasteiger partial charge >= 0.3 is 10.2 Å². The van der Waals surface area contributed by atoms with Crippen LogP contribution in [0.1, 0.15) is 12.7 Å². The Bertz CT molecular complexity index is 380. The van der Waals surface area contributed by atoms with Crippen LogP contribution in [0, 0.1) is 0 Å². The minimum atomic E-state index is -3.39. The van der Waals surface area contributed by atoms with E-state index in [1.54, 1.807) is 0 Å². The Hall–Kier alpha value is -0.880. The Morgan fingerprint density at radius 1 is 1.54 bits per heavy atom. The second-order valence-electron chi connectivity index (χ2n) is 2.78. The van der Waals surface area contributed by atoms with Gasteiger partial charge in [0.15, 0.2) is 0 Å². The van der Waals surface area contributed by atoms with Gasteiger partial charge in [-0.3, -0.25) is 0 Å². The van der Waals surface area contributed by atoms with Gasteiger partial charge in [-0.1, -0.05) is 6.92 Å². The van der Waals surface area contributed by atoms with Crippen molar-refractivity contribution in [3.8, 4) is 0 Å². The van der Waals surface area contributed by atoms with Crippen molar-refractivity contribution in [2.75, 3.05) is 14.1 Å². The summed E-state index contributed by atoms with van der Waals surface area (Å²) < 4.78 is 25.6. The molecule has 5 nitrogen and oxygen atoms in total. The second kappa shape index (κ2) is 3.47. The zero-order chi connectivity index (χ0) is 10.1. The van der Waals surface area contributed by atoms with Gasteiger partial charge in [-0.05, 0) is 0 Å². The first-order valence-electron chi connectivity index (χ1n) is 3.95. The summed E-state index contributed by atoms with van der Waals surface area (Å²) in [6, 6.07) is 0. The van der Waals surface area contributed by atoms with E-state index in [1.807, 2.05) is 6.92 Å². The molecule has 0 spiro atoms. The third-order valence-electron chi connectivity index (χ3n) is 1.71. The molecule has 1 aromatic heterocycles. The van der Waals surface area contributed by atoms with Gasteiger partial charge in [-0.2, -0.15) is 12.7 Å². The van der Waals surface area contributed by atoms with Crippen molar-refractivity contribution in [2.24, 2.45) is 0 Å². The first-order valence-corrected chi connectivity index (χ1v) is 5.35. The Morgan fingerprint density at radius 3 is 2.62 bits per heavy atom. The third kappa shape index (κ3) is 1.73. The molecule has 6 heteroatoms. The summed E-state index contributed by atoms with van der Waals surface area (Å²) in [6.45, 7) is 1.87. The fraction of sp³-hybridized carbons (Fsp3) is 0.571. The van der Waals surface area contributed by atoms with Crippen molar-refractivity contribution in [3.05, 3.63) is 18.2 Å². The Balaban J connectivity index is 3.22. The quantitative estimate of drug-likeness (QED) is 0.700. The molecule has 0 aliphatic carbocycles. The van der Waals surface area contributed by atoms with Crippen LogP contribution >= 0.6 is 0 Å². The lowest BCUT2D eigenvalue weighted by Crippen LogP contribution is -2.29. The summed E-state index contributed by atoms with van der Waals surface area (Å²) in [7, 11) is -0.399. The van der Waals surface area contributed by atoms with E-state index in [0.29, 0.717) is 12.2 Å². The maximum absolute atomic E-state index is 11.6. The Labute approximate surface area is 78.2 Å². The summed E-state index contributed by atoms with van der Waals surface area (Å²) in [4.78, 5) is 3.94. The summed E-state index contributed by atoms with van der Waals surface area (Å²) in [5.74, 6) is 0.550. The summed E-state index contributed by atoms with van der Waals surface area (Å²) in [6.07, 6.45) is 3.54. The van der Waals surface area contributed by atoms with Gasteiger partial charge in [-0.15, -0.1) is 0 Å². The number of imidazole rings is 1. The largest absolute Gasteiger partial charge is 0.308 e. The van der Waals surface area contributed by atoms with E-state index in [0.717, 1.165) is 4.31 Å². The van der Waals surface area contributed by atoms with E-state index in [-0.39, 0.29) is 0 Å². The van der Waals surface area contributed by atoms with Gasteiger partial charge in [0.25, 0.3) is 0 Å². The highest BCUT2D eigenvalue weighted by molar-refractivity contribution is 7.87. The van der Waals surface area contributed by atoms with Crippen molar-refractivity contribution >= 4 is 10.2 Å². The smallest absolute Gasteiger partial charge is 0.241 e. The molecule has 13 heavy (non-hydrogen) atoms. The van der Waals surface area contributed by atoms with Crippen LogP contribution in [0.5, 0.6) is 0 Å². The molecule has 0 aromatic carbocycles. The highest BCUT2D eigenvalue weighted by Gasteiger charge is 2.18. The van der Waals surface area contributed by atoms with Gasteiger partial charge in [0.05, 0.1) is 0 Å². The average molecular weight is 203 g/mol. The van der Waals surface area contributed by atoms with E-state index in [1.165, 1.54) is 30.5 Å². The predicted octanol–water partition coefficient (Wildman–Crippen LogP) is 0.1000. The zero-order valence-corrected chi connectivity index (χ0v) is 8.74. The highest BCUT2D eigenvalue weighted by atomic mass is 32.2. The number of hydrogen-bond acceptors (Lipinski definition) is 3. The van der Waals surface area contributed by atoms with Crippen LogP contribution < -0.4 is 0 Å². The van der Waals surface area contributed by atoms with Crippen LogP contribution in [0.2, 0.25) is 0 Å². The van der Waals surface area contributed by atoms with Crippen LogP contribution in [0.4, 0.5) is 0 Å². The summed E-state index contributed by atoms with van der Waals surface area (Å²) >= 11 is 0. The average Bonchev–Trinajstić information content (AvgIpc) is 2.51. The monoisotopic (exact) mass is 203 g/mol. The van der Waals surface area contributed by atoms with E-state index in [2.05, 4.69) is 4.98 Å². The van der Waals surface area contributed by atoms with Crippen LogP contribution in [0.15, 0.2) is 12.4 Å². The first kappa shape index (κ1) is 10.2. The number of nitrogens with zero attached hydrogens (tertiary/aromatic N) is 3. The van der Waals surface area contributed by atoms with E-state index < -0.39 is 10.2 Å². The van der Waals surface area contributed by atoms with Crippen molar-refractivity contribution in [1.29, 1.82) is 0 Å². The highest BCUT2D eigenvalue weighted by Crippen LogP contribution is 2.05. The maximum Gasteiger partial charge on any atom is 0.308 e. The fourth-order valence-electron chi connectivity index (χ4n) is 0.956. The van der Waals surface area contributed by atoms with Crippen molar-refractivity contribution in [2.45, 2.75) is 13.3 Å². The topological polar surface area (TPSA) is 55.2 Å². The summed E-state index contributed by atoms with van der Waals surface area (Å²) in [5.41, 5.74) is 0. The third-order valence-corrected chi connectivity index (χ3v) is 3.46. The minimum absolute atomic E-state index is 0.550. The second-order valence-corrected chi connectivity index (χ2v) is 4.80. The van der Waals surface area contributed by atoms with Gasteiger partial charge < -0.3 is 0 Å². The zero-order valence-electron chi connectivity index (χ0n) is 7.93. The van der Waals surface area contributed by atoms with Crippen LogP contribution in [-0.2, 0) is 16.6 Å². The van der Waals surface area contributed by atoms with Crippen molar-refractivity contribution in [1.82, 2.24) is 13.3 Å². The lowest BCUT2D eigenvalue weighted by molar-refractivity contribution is 0.508. The molecule has 0 saturated heterocycles. The van der Waals surface area contributed by atoms with E-state index in [4.69, 9.17) is 0 Å². The van der Waals surface area contributed by atoms with Crippen molar-refractivity contribution < 1.29 is 8.42 Å². The predicted molar refractivity (Wildman–Crippen MR) is 49.6 cm³/mol. The lowest BCUT2D eigenvalue weighted by Gasteiger charge is -2.13. The molecule has 0 saturated carbocycles. The Kier molecular flexibility index (Phi) is 2.72. The molecule has 0 bridgehead atoms. The number of aryl methyl sites for hydroxylation is 1. The number of rotatable bonds is 3. The minimum Gasteiger partial charge on any atom is -0.241 e. The fourth-order valence-corrected chi connectivity index (χ4v) is 1.96. The van der Waals surface area contributed by atoms with Crippen LogP contribution in [0.25, 0.3) is 0 Å². The molecule has 0 unspecified atom stereocenters. The maximum atomic E-state index is 11.6. The molecule has 74 valence electrons. The molecule has 0 atom stereocenters. The Morgan fingerprint density at radius 2 is 2.15 bits per heavy atom. The SMILES string of the molecule is CCc1nccn1S(=O)(=O)N(C)C. The van der Waals surface area contributed by atoms with Crippen LogP contribution in [-0.4, -0.2) is 35.8 Å². The normalized spacial score (nSPS) is 12.3. The van der Waals surface area contributed by atoms with Gasteiger partial charge in [0.2, 0.25) is 0 Å². The molecule has 0 radical (unpaired) electrons. The number of hydrogen-bond donors (Lipinski definition) is 0. The number of aromatic nitrogens is 2. The molecule has 1 rings (SSSR count). The molecule has 1 aromatic rings. The van der Waals surface area contributed by atoms with E-state index in [9.17, 15) is 8.42 Å². The molecule has 0 fully saturated rings. The molecule has 0 amide bonds.